The van der Waals surface area contributed by atoms with Crippen LogP contribution in [0.3, 0.4) is 0 Å². The molecule has 114 valence electrons. The zero-order valence-electron chi connectivity index (χ0n) is 13.7. The van der Waals surface area contributed by atoms with Crippen molar-refractivity contribution in [1.29, 1.82) is 0 Å². The maximum Gasteiger partial charge on any atom is 0.0443 e. The maximum absolute atomic E-state index is 4.28. The second-order valence-corrected chi connectivity index (χ2v) is 5.93. The predicted octanol–water partition coefficient (Wildman–Crippen LogP) is 2.22. The molecule has 0 unspecified atom stereocenters. The number of likely N-dealkylation sites (N-methyl/N-ethyl adjacent to an activating group) is 1. The van der Waals surface area contributed by atoms with E-state index in [1.54, 1.807) is 0 Å². The lowest BCUT2D eigenvalue weighted by Crippen LogP contribution is -2.35. The minimum atomic E-state index is 0.650. The minimum Gasteiger partial charge on any atom is -0.370 e. The lowest BCUT2D eigenvalue weighted by atomic mass is 10.1. The van der Waals surface area contributed by atoms with Gasteiger partial charge in [0.25, 0.3) is 0 Å². The smallest absolute Gasteiger partial charge is 0.0443 e. The Hall–Kier alpha value is -1.13. The monoisotopic (exact) mass is 278 g/mol. The van der Waals surface area contributed by atoms with Crippen LogP contribution in [0.15, 0.2) is 18.5 Å². The normalized spacial score (nSPS) is 11.3. The van der Waals surface area contributed by atoms with Gasteiger partial charge < -0.3 is 15.1 Å². The molecule has 0 radical (unpaired) electrons. The Balaban J connectivity index is 2.87. The molecule has 0 aliphatic heterocycles. The summed E-state index contributed by atoms with van der Waals surface area (Å²) in [5.74, 6) is 0.650. The third-order valence-electron chi connectivity index (χ3n) is 3.19. The van der Waals surface area contributed by atoms with Crippen LogP contribution >= 0.6 is 0 Å². The van der Waals surface area contributed by atoms with Gasteiger partial charge in [-0.15, -0.1) is 0 Å². The number of hydrogen-bond acceptors (Lipinski definition) is 4. The van der Waals surface area contributed by atoms with Gasteiger partial charge >= 0.3 is 0 Å². The van der Waals surface area contributed by atoms with E-state index in [2.05, 4.69) is 61.0 Å². The Labute approximate surface area is 124 Å². The molecule has 4 nitrogen and oxygen atoms in total. The number of nitrogens with one attached hydrogen (secondary N) is 1. The molecule has 1 heterocycles. The highest BCUT2D eigenvalue weighted by molar-refractivity contribution is 5.52. The summed E-state index contributed by atoms with van der Waals surface area (Å²) in [7, 11) is 4.25. The van der Waals surface area contributed by atoms with Crippen LogP contribution in [0.4, 0.5) is 5.69 Å². The van der Waals surface area contributed by atoms with Crippen molar-refractivity contribution in [1.82, 2.24) is 15.2 Å². The summed E-state index contributed by atoms with van der Waals surface area (Å²) in [6.07, 6.45) is 3.88. The lowest BCUT2D eigenvalue weighted by molar-refractivity contribution is 0.408. The summed E-state index contributed by atoms with van der Waals surface area (Å²) in [6.45, 7) is 11.7. The Bertz CT molecular complexity index is 376. The van der Waals surface area contributed by atoms with Gasteiger partial charge in [-0.2, -0.15) is 0 Å². The molecular formula is C16H30N4. The summed E-state index contributed by atoms with van der Waals surface area (Å²) >= 11 is 0. The zero-order valence-corrected chi connectivity index (χ0v) is 13.7. The van der Waals surface area contributed by atoms with Crippen molar-refractivity contribution < 1.29 is 0 Å². The Kier molecular flexibility index (Phi) is 7.55. The van der Waals surface area contributed by atoms with Crippen molar-refractivity contribution in [3.63, 3.8) is 0 Å². The van der Waals surface area contributed by atoms with Gasteiger partial charge in [0.15, 0.2) is 0 Å². The van der Waals surface area contributed by atoms with Crippen LogP contribution in [-0.4, -0.2) is 50.2 Å². The zero-order chi connectivity index (χ0) is 15.0. The van der Waals surface area contributed by atoms with E-state index in [0.29, 0.717) is 5.92 Å². The molecule has 20 heavy (non-hydrogen) atoms. The highest BCUT2D eigenvalue weighted by Crippen LogP contribution is 2.20. The largest absolute Gasteiger partial charge is 0.370 e. The van der Waals surface area contributed by atoms with Gasteiger partial charge in [-0.3, -0.25) is 4.98 Å². The summed E-state index contributed by atoms with van der Waals surface area (Å²) in [5.41, 5.74) is 2.60. The molecule has 0 saturated carbocycles. The molecule has 0 atom stereocenters. The fourth-order valence-corrected chi connectivity index (χ4v) is 2.20. The van der Waals surface area contributed by atoms with E-state index in [1.807, 2.05) is 12.4 Å². The highest BCUT2D eigenvalue weighted by atomic mass is 15.2. The molecule has 0 aliphatic rings. The van der Waals surface area contributed by atoms with Crippen LogP contribution in [0.1, 0.15) is 26.3 Å². The number of aromatic nitrogens is 1. The molecule has 0 saturated heterocycles. The Morgan fingerprint density at radius 2 is 2.00 bits per heavy atom. The van der Waals surface area contributed by atoms with E-state index >= 15 is 0 Å². The van der Waals surface area contributed by atoms with Gasteiger partial charge in [0, 0.05) is 49.8 Å². The second-order valence-electron chi connectivity index (χ2n) is 5.93. The third kappa shape index (κ3) is 5.88. The number of rotatable bonds is 9. The second kappa shape index (κ2) is 8.93. The molecule has 4 heteroatoms. The molecule has 1 aromatic heterocycles. The average molecular weight is 278 g/mol. The summed E-state index contributed by atoms with van der Waals surface area (Å²) in [5, 5.41) is 3.40. The first-order valence-corrected chi connectivity index (χ1v) is 7.57. The molecule has 1 aromatic rings. The topological polar surface area (TPSA) is 31.4 Å². The lowest BCUT2D eigenvalue weighted by Gasteiger charge is -2.30. The van der Waals surface area contributed by atoms with Crippen molar-refractivity contribution >= 4 is 5.69 Å². The Morgan fingerprint density at radius 3 is 2.60 bits per heavy atom. The van der Waals surface area contributed by atoms with Gasteiger partial charge in [-0.05, 0) is 32.6 Å². The van der Waals surface area contributed by atoms with Crippen LogP contribution < -0.4 is 10.2 Å². The SMILES string of the molecule is CCNCc1cnccc1N(CCN(C)C)CC(C)C. The van der Waals surface area contributed by atoms with Gasteiger partial charge in [-0.25, -0.2) is 0 Å². The molecule has 0 aliphatic carbocycles. The standard InChI is InChI=1S/C16H30N4/c1-6-17-11-15-12-18-8-7-16(15)20(13-14(2)3)10-9-19(4)5/h7-8,12,14,17H,6,9-11,13H2,1-5H3. The average Bonchev–Trinajstić information content (AvgIpc) is 2.41. The minimum absolute atomic E-state index is 0.650. The molecular weight excluding hydrogens is 248 g/mol. The first-order valence-electron chi connectivity index (χ1n) is 7.57. The van der Waals surface area contributed by atoms with E-state index in [4.69, 9.17) is 0 Å². The van der Waals surface area contributed by atoms with Crippen LogP contribution in [-0.2, 0) is 6.54 Å². The van der Waals surface area contributed by atoms with E-state index in [9.17, 15) is 0 Å². The number of hydrogen-bond donors (Lipinski definition) is 1. The van der Waals surface area contributed by atoms with Crippen LogP contribution in [0, 0.1) is 5.92 Å². The van der Waals surface area contributed by atoms with Gasteiger partial charge in [0.2, 0.25) is 0 Å². The number of pyridine rings is 1. The first-order chi connectivity index (χ1) is 9.54. The van der Waals surface area contributed by atoms with Gasteiger partial charge in [0.05, 0.1) is 0 Å². The van der Waals surface area contributed by atoms with Gasteiger partial charge in [0.1, 0.15) is 0 Å². The van der Waals surface area contributed by atoms with Crippen molar-refractivity contribution in [2.24, 2.45) is 5.92 Å². The van der Waals surface area contributed by atoms with Gasteiger partial charge in [-0.1, -0.05) is 20.8 Å². The molecule has 0 amide bonds. The van der Waals surface area contributed by atoms with Crippen molar-refractivity contribution in [2.75, 3.05) is 45.2 Å². The van der Waals surface area contributed by atoms with E-state index in [-0.39, 0.29) is 0 Å². The van der Waals surface area contributed by atoms with Crippen molar-refractivity contribution in [2.45, 2.75) is 27.3 Å². The quantitative estimate of drug-likeness (QED) is 0.750. The van der Waals surface area contributed by atoms with Crippen molar-refractivity contribution in [3.8, 4) is 0 Å². The van der Waals surface area contributed by atoms with Crippen molar-refractivity contribution in [3.05, 3.63) is 24.0 Å². The highest BCUT2D eigenvalue weighted by Gasteiger charge is 2.12. The summed E-state index contributed by atoms with van der Waals surface area (Å²) in [4.78, 5) is 9.00. The Morgan fingerprint density at radius 1 is 1.25 bits per heavy atom. The number of nitrogens with zero attached hydrogens (tertiary/aromatic N) is 3. The molecule has 1 N–H and O–H groups in total. The molecule has 0 spiro atoms. The van der Waals surface area contributed by atoms with Crippen LogP contribution in [0.2, 0.25) is 0 Å². The number of anilines is 1. The van der Waals surface area contributed by atoms with E-state index in [1.165, 1.54) is 11.3 Å². The first kappa shape index (κ1) is 16.9. The fourth-order valence-electron chi connectivity index (χ4n) is 2.20. The molecule has 1 rings (SSSR count). The maximum atomic E-state index is 4.28. The molecule has 0 fully saturated rings. The van der Waals surface area contributed by atoms with E-state index < -0.39 is 0 Å². The van der Waals surface area contributed by atoms with Crippen LogP contribution in [0.25, 0.3) is 0 Å². The van der Waals surface area contributed by atoms with Crippen LogP contribution in [0.5, 0.6) is 0 Å². The molecule has 0 aromatic carbocycles. The summed E-state index contributed by atoms with van der Waals surface area (Å²) < 4.78 is 0. The third-order valence-corrected chi connectivity index (χ3v) is 3.19. The van der Waals surface area contributed by atoms with E-state index in [0.717, 1.165) is 32.7 Å². The fraction of sp³-hybridized carbons (Fsp3) is 0.688. The predicted molar refractivity (Wildman–Crippen MR) is 87.2 cm³/mol. The molecule has 0 bridgehead atoms. The summed E-state index contributed by atoms with van der Waals surface area (Å²) in [6, 6.07) is 2.14.